The molecule has 130 valence electrons. The highest BCUT2D eigenvalue weighted by atomic mass is 16.6. The monoisotopic (exact) mass is 340 g/mol. The second-order valence-electron chi connectivity index (χ2n) is 5.62. The zero-order chi connectivity index (χ0) is 18.2. The maximum Gasteiger partial charge on any atom is 0.330 e. The van der Waals surface area contributed by atoms with Crippen LogP contribution >= 0.6 is 0 Å². The van der Waals surface area contributed by atoms with Crippen molar-refractivity contribution in [2.45, 2.75) is 25.4 Å². The zero-order valence-electron chi connectivity index (χ0n) is 14.2. The van der Waals surface area contributed by atoms with Crippen molar-refractivity contribution in [3.8, 4) is 0 Å². The van der Waals surface area contributed by atoms with Gasteiger partial charge in [0.15, 0.2) is 6.04 Å². The molecule has 0 bridgehead atoms. The molecule has 0 aliphatic carbocycles. The van der Waals surface area contributed by atoms with Gasteiger partial charge in [-0.25, -0.2) is 4.79 Å². The Bertz CT molecular complexity index is 703. The molecule has 6 nitrogen and oxygen atoms in total. The van der Waals surface area contributed by atoms with Crippen LogP contribution in [-0.4, -0.2) is 35.8 Å². The van der Waals surface area contributed by atoms with E-state index in [1.807, 2.05) is 60.7 Å². The standard InChI is InChI=1S/C19H20N2O4/c1-14(21(23)24)13-17(19(22)25-2)20-18(15-9-5-3-6-10-15)16-11-7-4-8-12-16/h3-12,14,17H,13H2,1-2H3/t14-,17-/m1/s1. The van der Waals surface area contributed by atoms with E-state index < -0.39 is 23.0 Å². The summed E-state index contributed by atoms with van der Waals surface area (Å²) in [4.78, 5) is 27.2. The second kappa shape index (κ2) is 8.73. The topological polar surface area (TPSA) is 81.8 Å². The molecule has 2 atom stereocenters. The third-order valence-electron chi connectivity index (χ3n) is 3.78. The fourth-order valence-corrected chi connectivity index (χ4v) is 2.41. The largest absolute Gasteiger partial charge is 0.467 e. The number of esters is 1. The molecule has 2 aromatic carbocycles. The van der Waals surface area contributed by atoms with Crippen LogP contribution in [0.25, 0.3) is 0 Å². The fourth-order valence-electron chi connectivity index (χ4n) is 2.41. The van der Waals surface area contributed by atoms with Gasteiger partial charge in [-0.15, -0.1) is 0 Å². The van der Waals surface area contributed by atoms with Gasteiger partial charge in [0.1, 0.15) is 0 Å². The van der Waals surface area contributed by atoms with E-state index >= 15 is 0 Å². The first kappa shape index (κ1) is 18.3. The summed E-state index contributed by atoms with van der Waals surface area (Å²) in [5, 5.41) is 11.0. The first-order valence-corrected chi connectivity index (χ1v) is 7.93. The number of hydrogen-bond donors (Lipinski definition) is 0. The number of rotatable bonds is 7. The van der Waals surface area contributed by atoms with Crippen LogP contribution in [0, 0.1) is 10.1 Å². The van der Waals surface area contributed by atoms with Crippen molar-refractivity contribution in [1.29, 1.82) is 0 Å². The molecular weight excluding hydrogens is 320 g/mol. The van der Waals surface area contributed by atoms with Crippen LogP contribution in [0.2, 0.25) is 0 Å². The maximum atomic E-state index is 12.1. The lowest BCUT2D eigenvalue weighted by Crippen LogP contribution is -2.29. The van der Waals surface area contributed by atoms with Crippen LogP contribution in [-0.2, 0) is 9.53 Å². The summed E-state index contributed by atoms with van der Waals surface area (Å²) in [7, 11) is 1.26. The smallest absolute Gasteiger partial charge is 0.330 e. The highest BCUT2D eigenvalue weighted by molar-refractivity contribution is 6.13. The molecule has 6 heteroatoms. The molecule has 0 aliphatic heterocycles. The Labute approximate surface area is 146 Å². The van der Waals surface area contributed by atoms with E-state index in [2.05, 4.69) is 4.99 Å². The van der Waals surface area contributed by atoms with Crippen molar-refractivity contribution in [3.63, 3.8) is 0 Å². The first-order valence-electron chi connectivity index (χ1n) is 7.93. The predicted octanol–water partition coefficient (Wildman–Crippen LogP) is 3.12. The van der Waals surface area contributed by atoms with Gasteiger partial charge in [0.2, 0.25) is 6.04 Å². The number of methoxy groups -OCH3 is 1. The summed E-state index contributed by atoms with van der Waals surface area (Å²) < 4.78 is 4.80. The first-order chi connectivity index (χ1) is 12.0. The molecule has 0 saturated heterocycles. The van der Waals surface area contributed by atoms with Gasteiger partial charge in [0.05, 0.1) is 12.8 Å². The van der Waals surface area contributed by atoms with E-state index in [-0.39, 0.29) is 6.42 Å². The summed E-state index contributed by atoms with van der Waals surface area (Å²) in [6, 6.07) is 17.0. The summed E-state index contributed by atoms with van der Waals surface area (Å²) in [5.41, 5.74) is 2.26. The maximum absolute atomic E-state index is 12.1. The van der Waals surface area contributed by atoms with Crippen molar-refractivity contribution < 1.29 is 14.5 Å². The minimum absolute atomic E-state index is 0.0250. The molecule has 0 saturated carbocycles. The summed E-state index contributed by atoms with van der Waals surface area (Å²) >= 11 is 0. The van der Waals surface area contributed by atoms with Gasteiger partial charge in [-0.3, -0.25) is 15.1 Å². The van der Waals surface area contributed by atoms with Gasteiger partial charge in [0.25, 0.3) is 0 Å². The predicted molar refractivity (Wildman–Crippen MR) is 95.4 cm³/mol. The Morgan fingerprint density at radius 2 is 1.56 bits per heavy atom. The quantitative estimate of drug-likeness (QED) is 0.336. The number of benzene rings is 2. The molecule has 0 unspecified atom stereocenters. The highest BCUT2D eigenvalue weighted by Gasteiger charge is 2.27. The zero-order valence-corrected chi connectivity index (χ0v) is 14.2. The molecule has 0 spiro atoms. The minimum atomic E-state index is -0.944. The number of ether oxygens (including phenoxy) is 1. The molecule has 0 amide bonds. The Morgan fingerprint density at radius 3 is 1.96 bits per heavy atom. The van der Waals surface area contributed by atoms with Gasteiger partial charge in [-0.1, -0.05) is 60.7 Å². The number of carbonyl (C=O) groups excluding carboxylic acids is 1. The van der Waals surface area contributed by atoms with Crippen LogP contribution in [0.5, 0.6) is 0 Å². The number of carbonyl (C=O) groups is 1. The van der Waals surface area contributed by atoms with Crippen molar-refractivity contribution in [2.24, 2.45) is 4.99 Å². The normalized spacial score (nSPS) is 12.7. The summed E-state index contributed by atoms with van der Waals surface area (Å²) in [6.45, 7) is 1.45. The van der Waals surface area contributed by atoms with Crippen molar-refractivity contribution in [2.75, 3.05) is 7.11 Å². The molecular formula is C19H20N2O4. The van der Waals surface area contributed by atoms with Crippen LogP contribution in [0.15, 0.2) is 65.7 Å². The molecule has 25 heavy (non-hydrogen) atoms. The minimum Gasteiger partial charge on any atom is -0.467 e. The highest BCUT2D eigenvalue weighted by Crippen LogP contribution is 2.15. The van der Waals surface area contributed by atoms with Crippen LogP contribution in [0.3, 0.4) is 0 Å². The summed E-state index contributed by atoms with van der Waals surface area (Å²) in [5.74, 6) is -0.585. The molecule has 2 rings (SSSR count). The van der Waals surface area contributed by atoms with E-state index in [9.17, 15) is 14.9 Å². The van der Waals surface area contributed by atoms with E-state index in [1.54, 1.807) is 0 Å². The molecule has 0 aliphatic rings. The van der Waals surface area contributed by atoms with Crippen LogP contribution in [0.1, 0.15) is 24.5 Å². The van der Waals surface area contributed by atoms with Crippen molar-refractivity contribution in [1.82, 2.24) is 0 Å². The van der Waals surface area contributed by atoms with Crippen LogP contribution < -0.4 is 0 Å². The van der Waals surface area contributed by atoms with Gasteiger partial charge in [0, 0.05) is 29.4 Å². The van der Waals surface area contributed by atoms with Gasteiger partial charge in [-0.05, 0) is 0 Å². The number of nitro groups is 1. The lowest BCUT2D eigenvalue weighted by atomic mass is 10.0. The Balaban J connectivity index is 2.48. The molecule has 0 heterocycles. The molecule has 0 radical (unpaired) electrons. The second-order valence-corrected chi connectivity index (χ2v) is 5.62. The third kappa shape index (κ3) is 4.97. The molecule has 0 aromatic heterocycles. The lowest BCUT2D eigenvalue weighted by molar-refractivity contribution is -0.519. The van der Waals surface area contributed by atoms with E-state index in [1.165, 1.54) is 14.0 Å². The molecule has 0 fully saturated rings. The van der Waals surface area contributed by atoms with E-state index in [0.29, 0.717) is 5.71 Å². The number of aliphatic imine (C=N–C) groups is 1. The van der Waals surface area contributed by atoms with Crippen LogP contribution in [0.4, 0.5) is 0 Å². The number of hydrogen-bond acceptors (Lipinski definition) is 5. The van der Waals surface area contributed by atoms with Gasteiger partial charge >= 0.3 is 5.97 Å². The Hall–Kier alpha value is -3.02. The third-order valence-corrected chi connectivity index (χ3v) is 3.78. The summed E-state index contributed by atoms with van der Waals surface area (Å²) in [6.07, 6.45) is -0.0250. The number of nitrogens with zero attached hydrogens (tertiary/aromatic N) is 2. The fraction of sp³-hybridized carbons (Fsp3) is 0.263. The van der Waals surface area contributed by atoms with Crippen molar-refractivity contribution in [3.05, 3.63) is 81.9 Å². The van der Waals surface area contributed by atoms with Gasteiger partial charge in [-0.2, -0.15) is 0 Å². The SMILES string of the molecule is COC(=O)[C@@H](C[C@@H](C)[N+](=O)[O-])N=C(c1ccccc1)c1ccccc1. The lowest BCUT2D eigenvalue weighted by Gasteiger charge is -2.15. The average molecular weight is 340 g/mol. The van der Waals surface area contributed by atoms with E-state index in [0.717, 1.165) is 11.1 Å². The molecule has 2 aromatic rings. The van der Waals surface area contributed by atoms with Crippen molar-refractivity contribution >= 4 is 11.7 Å². The Kier molecular flexibility index (Phi) is 6.39. The van der Waals surface area contributed by atoms with Gasteiger partial charge < -0.3 is 4.74 Å². The average Bonchev–Trinajstić information content (AvgIpc) is 2.65. The molecule has 0 N–H and O–H groups in total. The van der Waals surface area contributed by atoms with E-state index in [4.69, 9.17) is 4.74 Å². The Morgan fingerprint density at radius 1 is 1.08 bits per heavy atom.